The van der Waals surface area contributed by atoms with E-state index >= 15 is 0 Å². The van der Waals surface area contributed by atoms with Crippen molar-refractivity contribution in [2.24, 2.45) is 5.92 Å². The standard InChI is InChI=1S/C31H36O11/c1-9-14(3)29(34)41-25-16(5)31(6,36)28(42-30(35)15(4)10-2)18-12-19(37-7)26(38-8)23(32)22(18)21-17(25)11-20-27(24(21)33)40-13-39-20/h9-12,16,25,28,32-33,36H,13H2,1-8H3/b14-9-,15-10+/t16-,25-,28+,31+/m0/s1. The molecule has 226 valence electrons. The van der Waals surface area contributed by atoms with Gasteiger partial charge in [-0.05, 0) is 46.8 Å². The zero-order chi connectivity index (χ0) is 31.1. The van der Waals surface area contributed by atoms with Crippen LogP contribution in [0.3, 0.4) is 0 Å². The minimum absolute atomic E-state index is 0.00175. The summed E-state index contributed by atoms with van der Waals surface area (Å²) in [5, 5.41) is 35.5. The Bertz CT molecular complexity index is 1480. The van der Waals surface area contributed by atoms with Gasteiger partial charge in [0, 0.05) is 39.3 Å². The Kier molecular flexibility index (Phi) is 8.36. The molecule has 42 heavy (non-hydrogen) atoms. The van der Waals surface area contributed by atoms with Crippen LogP contribution in [0.15, 0.2) is 35.4 Å². The van der Waals surface area contributed by atoms with Crippen molar-refractivity contribution in [3.63, 3.8) is 0 Å². The first-order valence-electron chi connectivity index (χ1n) is 13.4. The van der Waals surface area contributed by atoms with Crippen molar-refractivity contribution in [2.75, 3.05) is 21.0 Å². The third-order valence-corrected chi connectivity index (χ3v) is 8.06. The number of methoxy groups -OCH3 is 2. The van der Waals surface area contributed by atoms with E-state index < -0.39 is 47.2 Å². The van der Waals surface area contributed by atoms with Gasteiger partial charge in [0.25, 0.3) is 0 Å². The molecule has 4 atom stereocenters. The number of benzene rings is 2. The molecule has 0 saturated carbocycles. The Morgan fingerprint density at radius 3 is 2.10 bits per heavy atom. The summed E-state index contributed by atoms with van der Waals surface area (Å²) in [7, 11) is 2.68. The van der Waals surface area contributed by atoms with E-state index in [0.717, 1.165) is 0 Å². The van der Waals surface area contributed by atoms with Crippen LogP contribution < -0.4 is 18.9 Å². The van der Waals surface area contributed by atoms with E-state index in [1.165, 1.54) is 33.3 Å². The summed E-state index contributed by atoms with van der Waals surface area (Å²) in [6.07, 6.45) is 0.442. The lowest BCUT2D eigenvalue weighted by atomic mass is 9.71. The summed E-state index contributed by atoms with van der Waals surface area (Å²) < 4.78 is 33.9. The number of esters is 2. The minimum atomic E-state index is -1.93. The summed E-state index contributed by atoms with van der Waals surface area (Å²) in [5.41, 5.74) is -1.09. The maximum atomic E-state index is 13.2. The topological polar surface area (TPSA) is 150 Å². The number of hydrogen-bond acceptors (Lipinski definition) is 11. The van der Waals surface area contributed by atoms with E-state index in [1.807, 2.05) is 0 Å². The Morgan fingerprint density at radius 1 is 0.929 bits per heavy atom. The van der Waals surface area contributed by atoms with Crippen LogP contribution in [0, 0.1) is 5.92 Å². The summed E-state index contributed by atoms with van der Waals surface area (Å²) in [5.74, 6) is -3.10. The molecule has 0 aromatic heterocycles. The molecule has 0 unspecified atom stereocenters. The van der Waals surface area contributed by atoms with Crippen molar-refractivity contribution in [3.05, 3.63) is 46.6 Å². The van der Waals surface area contributed by atoms with Crippen molar-refractivity contribution in [1.29, 1.82) is 0 Å². The molecule has 2 aliphatic rings. The first-order chi connectivity index (χ1) is 19.8. The van der Waals surface area contributed by atoms with Crippen LogP contribution in [-0.2, 0) is 19.1 Å². The van der Waals surface area contributed by atoms with E-state index in [4.69, 9.17) is 28.4 Å². The van der Waals surface area contributed by atoms with Gasteiger partial charge < -0.3 is 43.7 Å². The monoisotopic (exact) mass is 584 g/mol. The summed E-state index contributed by atoms with van der Waals surface area (Å²) in [6.45, 7) is 9.37. The van der Waals surface area contributed by atoms with Crippen LogP contribution in [0.2, 0.25) is 0 Å². The van der Waals surface area contributed by atoms with E-state index in [2.05, 4.69) is 0 Å². The SMILES string of the molecule is C/C=C(/C)C(=O)O[C@@H]1c2cc3c(c(O)c2-c2c(cc(OC)c(OC)c2O)[C@@H](OC(=O)/C(C)=C/C)[C@](C)(O)[C@H]1C)OCO3. The van der Waals surface area contributed by atoms with Crippen LogP contribution in [0.4, 0.5) is 0 Å². The molecular formula is C31H36O11. The first kappa shape index (κ1) is 30.6. The number of carbonyl (C=O) groups is 2. The Balaban J connectivity index is 2.18. The molecule has 0 saturated heterocycles. The lowest BCUT2D eigenvalue weighted by Gasteiger charge is -2.43. The van der Waals surface area contributed by atoms with E-state index in [1.54, 1.807) is 46.8 Å². The number of carbonyl (C=O) groups excluding carboxylic acids is 2. The number of phenolic OH excluding ortho intramolecular Hbond substituents is 2. The van der Waals surface area contributed by atoms with Crippen LogP contribution in [-0.4, -0.2) is 53.9 Å². The number of phenols is 2. The normalized spacial score (nSPS) is 23.2. The molecule has 4 rings (SSSR count). The average molecular weight is 585 g/mol. The number of hydrogen-bond donors (Lipinski definition) is 3. The molecule has 1 aliphatic carbocycles. The van der Waals surface area contributed by atoms with Gasteiger partial charge in [0.15, 0.2) is 29.1 Å². The van der Waals surface area contributed by atoms with Gasteiger partial charge in [-0.25, -0.2) is 9.59 Å². The molecule has 0 bridgehead atoms. The maximum absolute atomic E-state index is 13.2. The fourth-order valence-electron chi connectivity index (χ4n) is 5.12. The lowest BCUT2D eigenvalue weighted by molar-refractivity contribution is -0.181. The van der Waals surface area contributed by atoms with Crippen molar-refractivity contribution in [1.82, 2.24) is 0 Å². The Morgan fingerprint density at radius 2 is 1.52 bits per heavy atom. The highest BCUT2D eigenvalue weighted by molar-refractivity contribution is 5.91. The Labute approximate surface area is 243 Å². The van der Waals surface area contributed by atoms with Crippen LogP contribution in [0.25, 0.3) is 11.1 Å². The van der Waals surface area contributed by atoms with Crippen molar-refractivity contribution in [2.45, 2.75) is 59.4 Å². The summed E-state index contributed by atoms with van der Waals surface area (Å²) in [4.78, 5) is 26.3. The molecular weight excluding hydrogens is 548 g/mol. The number of allylic oxidation sites excluding steroid dienone is 2. The summed E-state index contributed by atoms with van der Waals surface area (Å²) in [6, 6.07) is 2.99. The van der Waals surface area contributed by atoms with Crippen LogP contribution in [0.1, 0.15) is 64.9 Å². The van der Waals surface area contributed by atoms with Crippen LogP contribution >= 0.6 is 0 Å². The molecule has 1 heterocycles. The van der Waals surface area contributed by atoms with E-state index in [-0.39, 0.29) is 57.6 Å². The average Bonchev–Trinajstić information content (AvgIpc) is 3.45. The highest BCUT2D eigenvalue weighted by atomic mass is 16.7. The second-order valence-corrected chi connectivity index (χ2v) is 10.4. The second kappa shape index (κ2) is 11.5. The third-order valence-electron chi connectivity index (χ3n) is 8.06. The van der Waals surface area contributed by atoms with E-state index in [0.29, 0.717) is 5.57 Å². The Hall–Kier alpha value is -4.38. The number of fused-ring (bicyclic) bond motifs is 4. The highest BCUT2D eigenvalue weighted by Crippen LogP contribution is 2.60. The molecule has 2 aromatic rings. The lowest BCUT2D eigenvalue weighted by Crippen LogP contribution is -2.46. The fraction of sp³-hybridized carbons (Fsp3) is 0.419. The van der Waals surface area contributed by atoms with Gasteiger partial charge in [-0.2, -0.15) is 0 Å². The van der Waals surface area contributed by atoms with Gasteiger partial charge >= 0.3 is 11.9 Å². The first-order valence-corrected chi connectivity index (χ1v) is 13.4. The number of aromatic hydroxyl groups is 2. The van der Waals surface area contributed by atoms with Crippen molar-refractivity contribution >= 4 is 11.9 Å². The number of rotatable bonds is 6. The van der Waals surface area contributed by atoms with Gasteiger partial charge in [-0.15, -0.1) is 0 Å². The number of aliphatic hydroxyl groups is 1. The van der Waals surface area contributed by atoms with Crippen molar-refractivity contribution in [3.8, 4) is 45.6 Å². The van der Waals surface area contributed by atoms with Gasteiger partial charge in [0.1, 0.15) is 11.7 Å². The van der Waals surface area contributed by atoms with Crippen molar-refractivity contribution < 1.29 is 53.3 Å². The molecule has 0 spiro atoms. The van der Waals surface area contributed by atoms with Gasteiger partial charge in [0.2, 0.25) is 18.3 Å². The van der Waals surface area contributed by atoms with Crippen LogP contribution in [0.5, 0.6) is 34.5 Å². The predicted molar refractivity (Wildman–Crippen MR) is 151 cm³/mol. The second-order valence-electron chi connectivity index (χ2n) is 10.4. The minimum Gasteiger partial charge on any atom is -0.504 e. The quantitative estimate of drug-likeness (QED) is 0.310. The van der Waals surface area contributed by atoms with E-state index in [9.17, 15) is 24.9 Å². The highest BCUT2D eigenvalue weighted by Gasteiger charge is 2.51. The predicted octanol–water partition coefficient (Wildman–Crippen LogP) is 5.01. The molecule has 0 radical (unpaired) electrons. The third kappa shape index (κ3) is 4.87. The van der Waals surface area contributed by atoms with Gasteiger partial charge in [0.05, 0.1) is 14.2 Å². The van der Waals surface area contributed by atoms with Gasteiger partial charge in [-0.1, -0.05) is 19.1 Å². The number of ether oxygens (including phenoxy) is 6. The van der Waals surface area contributed by atoms with Gasteiger partial charge in [-0.3, -0.25) is 0 Å². The zero-order valence-corrected chi connectivity index (χ0v) is 24.9. The molecule has 11 nitrogen and oxygen atoms in total. The summed E-state index contributed by atoms with van der Waals surface area (Å²) >= 11 is 0. The fourth-order valence-corrected chi connectivity index (χ4v) is 5.12. The molecule has 2 aromatic carbocycles. The largest absolute Gasteiger partial charge is 0.504 e. The molecule has 0 fully saturated rings. The molecule has 3 N–H and O–H groups in total. The molecule has 0 amide bonds. The molecule has 1 aliphatic heterocycles. The molecule has 11 heteroatoms. The zero-order valence-electron chi connectivity index (χ0n) is 24.9. The maximum Gasteiger partial charge on any atom is 0.334 e. The smallest absolute Gasteiger partial charge is 0.334 e.